The average molecular weight is 239 g/mol. The van der Waals surface area contributed by atoms with E-state index in [0.29, 0.717) is 17.0 Å². The summed E-state index contributed by atoms with van der Waals surface area (Å²) < 4.78 is 12.1. The van der Waals surface area contributed by atoms with E-state index in [9.17, 15) is 4.21 Å². The Balaban J connectivity index is 2.07. The molecule has 1 saturated heterocycles. The maximum Gasteiger partial charge on any atom is 0.218 e. The predicted octanol–water partition coefficient (Wildman–Crippen LogP) is 0.953. The molecule has 1 aromatic rings. The van der Waals surface area contributed by atoms with E-state index in [-0.39, 0.29) is 0 Å². The Morgan fingerprint density at radius 3 is 2.69 bits per heavy atom. The van der Waals surface area contributed by atoms with Crippen molar-refractivity contribution in [2.75, 3.05) is 12.3 Å². The van der Waals surface area contributed by atoms with Gasteiger partial charge in [0, 0.05) is 23.2 Å². The second-order valence-electron chi connectivity index (χ2n) is 4.24. The molecule has 0 spiro atoms. The highest BCUT2D eigenvalue weighted by molar-refractivity contribution is 7.84. The molecule has 2 heterocycles. The fourth-order valence-corrected chi connectivity index (χ4v) is 3.24. The van der Waals surface area contributed by atoms with Crippen molar-refractivity contribution in [3.8, 4) is 0 Å². The van der Waals surface area contributed by atoms with Gasteiger partial charge >= 0.3 is 0 Å². The van der Waals surface area contributed by atoms with Crippen molar-refractivity contribution in [3.63, 3.8) is 0 Å². The molecule has 0 saturated carbocycles. The van der Waals surface area contributed by atoms with Gasteiger partial charge in [-0.25, -0.2) is 9.97 Å². The fourth-order valence-electron chi connectivity index (χ4n) is 1.95. The van der Waals surface area contributed by atoms with Gasteiger partial charge in [0.1, 0.15) is 0 Å². The maximum absolute atomic E-state index is 12.1. The van der Waals surface area contributed by atoms with E-state index in [4.69, 9.17) is 0 Å². The van der Waals surface area contributed by atoms with Crippen LogP contribution in [0.4, 0.5) is 0 Å². The molecule has 0 radical (unpaired) electrons. The summed E-state index contributed by atoms with van der Waals surface area (Å²) >= 11 is 0. The first-order valence-corrected chi connectivity index (χ1v) is 6.91. The number of aryl methyl sites for hydroxylation is 2. The van der Waals surface area contributed by atoms with Gasteiger partial charge in [-0.3, -0.25) is 4.21 Å². The normalized spacial score (nSPS) is 22.2. The van der Waals surface area contributed by atoms with Crippen molar-refractivity contribution in [2.24, 2.45) is 0 Å². The largest absolute Gasteiger partial charge is 0.313 e. The topological polar surface area (TPSA) is 54.9 Å². The Bertz CT molecular complexity index is 382. The van der Waals surface area contributed by atoms with Crippen molar-refractivity contribution in [2.45, 2.75) is 37.9 Å². The highest BCUT2D eigenvalue weighted by atomic mass is 32.2. The van der Waals surface area contributed by atoms with Crippen LogP contribution in [-0.4, -0.2) is 32.5 Å². The zero-order valence-electron chi connectivity index (χ0n) is 9.69. The Labute approximate surface area is 98.3 Å². The number of nitrogens with zero attached hydrogens (tertiary/aromatic N) is 2. The van der Waals surface area contributed by atoms with Crippen LogP contribution in [0, 0.1) is 13.8 Å². The molecular formula is C11H17N3OS. The van der Waals surface area contributed by atoms with E-state index in [0.717, 1.165) is 24.4 Å². The molecule has 1 aliphatic rings. The quantitative estimate of drug-likeness (QED) is 0.798. The summed E-state index contributed by atoms with van der Waals surface area (Å²) in [5, 5.41) is 3.82. The Kier molecular flexibility index (Phi) is 3.66. The average Bonchev–Trinajstić information content (AvgIpc) is 2.68. The molecule has 4 nitrogen and oxygen atoms in total. The first-order chi connectivity index (χ1) is 7.65. The van der Waals surface area contributed by atoms with Crippen LogP contribution < -0.4 is 5.32 Å². The van der Waals surface area contributed by atoms with Crippen LogP contribution in [0.3, 0.4) is 0 Å². The van der Waals surface area contributed by atoms with E-state index in [1.54, 1.807) is 0 Å². The van der Waals surface area contributed by atoms with Crippen LogP contribution in [0.15, 0.2) is 11.2 Å². The number of rotatable bonds is 3. The minimum Gasteiger partial charge on any atom is -0.313 e. The van der Waals surface area contributed by atoms with Crippen LogP contribution in [0.25, 0.3) is 0 Å². The van der Waals surface area contributed by atoms with E-state index in [1.165, 1.54) is 6.42 Å². The first kappa shape index (κ1) is 11.7. The smallest absolute Gasteiger partial charge is 0.218 e. The second-order valence-corrected chi connectivity index (χ2v) is 5.63. The van der Waals surface area contributed by atoms with E-state index >= 15 is 0 Å². The van der Waals surface area contributed by atoms with Crippen molar-refractivity contribution in [3.05, 3.63) is 17.5 Å². The van der Waals surface area contributed by atoms with Crippen LogP contribution in [0.2, 0.25) is 0 Å². The lowest BCUT2D eigenvalue weighted by Gasteiger charge is -2.09. The number of aromatic nitrogens is 2. The van der Waals surface area contributed by atoms with Crippen molar-refractivity contribution < 1.29 is 4.21 Å². The van der Waals surface area contributed by atoms with Gasteiger partial charge in [0.25, 0.3) is 0 Å². The minimum atomic E-state index is -1.08. The van der Waals surface area contributed by atoms with Gasteiger partial charge in [-0.05, 0) is 39.3 Å². The summed E-state index contributed by atoms with van der Waals surface area (Å²) in [6.45, 7) is 4.85. The molecule has 1 fully saturated rings. The molecule has 0 amide bonds. The lowest BCUT2D eigenvalue weighted by atomic mass is 10.3. The van der Waals surface area contributed by atoms with Gasteiger partial charge in [-0.1, -0.05) is 0 Å². The van der Waals surface area contributed by atoms with Crippen LogP contribution in [-0.2, 0) is 10.8 Å². The molecule has 0 aliphatic carbocycles. The summed E-state index contributed by atoms with van der Waals surface area (Å²) in [5.41, 5.74) is 1.77. The van der Waals surface area contributed by atoms with E-state index in [1.807, 2.05) is 19.9 Å². The van der Waals surface area contributed by atoms with Gasteiger partial charge in [0.15, 0.2) is 0 Å². The molecule has 2 atom stereocenters. The predicted molar refractivity (Wildman–Crippen MR) is 63.8 cm³/mol. The van der Waals surface area contributed by atoms with Crippen LogP contribution in [0.1, 0.15) is 24.2 Å². The van der Waals surface area contributed by atoms with Gasteiger partial charge in [0.2, 0.25) is 5.16 Å². The van der Waals surface area contributed by atoms with Crippen molar-refractivity contribution in [1.29, 1.82) is 0 Å². The molecule has 88 valence electrons. The number of hydrogen-bond acceptors (Lipinski definition) is 4. The zero-order valence-corrected chi connectivity index (χ0v) is 10.5. The highest BCUT2D eigenvalue weighted by Crippen LogP contribution is 2.10. The van der Waals surface area contributed by atoms with Gasteiger partial charge in [-0.15, -0.1) is 0 Å². The maximum atomic E-state index is 12.1. The SMILES string of the molecule is Cc1cc(C)nc([S@](=O)C[C@H]2CCCN2)n1. The summed E-state index contributed by atoms with van der Waals surface area (Å²) in [5.74, 6) is 0.628. The molecule has 1 N–H and O–H groups in total. The molecule has 1 aromatic heterocycles. The van der Waals surface area contributed by atoms with Gasteiger partial charge in [-0.2, -0.15) is 0 Å². The Morgan fingerprint density at radius 1 is 1.44 bits per heavy atom. The summed E-state index contributed by atoms with van der Waals surface area (Å²) in [6.07, 6.45) is 2.28. The van der Waals surface area contributed by atoms with Crippen LogP contribution in [0.5, 0.6) is 0 Å². The molecule has 5 heteroatoms. The summed E-state index contributed by atoms with van der Waals surface area (Å²) in [4.78, 5) is 8.47. The monoisotopic (exact) mass is 239 g/mol. The molecule has 1 aliphatic heterocycles. The van der Waals surface area contributed by atoms with Crippen molar-refractivity contribution in [1.82, 2.24) is 15.3 Å². The Morgan fingerprint density at radius 2 is 2.12 bits per heavy atom. The molecule has 0 bridgehead atoms. The third-order valence-corrected chi connectivity index (χ3v) is 3.98. The lowest BCUT2D eigenvalue weighted by Crippen LogP contribution is -2.28. The zero-order chi connectivity index (χ0) is 11.5. The molecule has 0 aromatic carbocycles. The molecule has 2 rings (SSSR count). The number of hydrogen-bond donors (Lipinski definition) is 1. The van der Waals surface area contributed by atoms with Crippen molar-refractivity contribution >= 4 is 10.8 Å². The third kappa shape index (κ3) is 2.86. The van der Waals surface area contributed by atoms with E-state index < -0.39 is 10.8 Å². The molecule has 16 heavy (non-hydrogen) atoms. The molecular weight excluding hydrogens is 222 g/mol. The third-order valence-electron chi connectivity index (χ3n) is 2.68. The Hall–Kier alpha value is -0.810. The summed E-state index contributed by atoms with van der Waals surface area (Å²) in [7, 11) is -1.08. The van der Waals surface area contributed by atoms with Gasteiger partial charge < -0.3 is 5.32 Å². The van der Waals surface area contributed by atoms with Crippen LogP contribution >= 0.6 is 0 Å². The second kappa shape index (κ2) is 5.01. The highest BCUT2D eigenvalue weighted by Gasteiger charge is 2.19. The van der Waals surface area contributed by atoms with Gasteiger partial charge in [0.05, 0.1) is 10.8 Å². The minimum absolute atomic E-state index is 0.366. The fraction of sp³-hybridized carbons (Fsp3) is 0.636. The van der Waals surface area contributed by atoms with E-state index in [2.05, 4.69) is 15.3 Å². The number of nitrogens with one attached hydrogen (secondary N) is 1. The standard InChI is InChI=1S/C11H17N3OS/c1-8-6-9(2)14-11(13-8)16(15)7-10-4-3-5-12-10/h6,10,12H,3-5,7H2,1-2H3/t10-,16-/m1/s1. The first-order valence-electron chi connectivity index (χ1n) is 5.59. The molecule has 0 unspecified atom stereocenters. The summed E-state index contributed by atoms with van der Waals surface area (Å²) in [6, 6.07) is 2.26. The lowest BCUT2D eigenvalue weighted by molar-refractivity contribution is 0.637.